The molecule has 21 heavy (non-hydrogen) atoms. The second-order valence-electron chi connectivity index (χ2n) is 5.87. The number of nitrogens with one attached hydrogen (secondary N) is 1. The molecule has 118 valence electrons. The third kappa shape index (κ3) is 6.08. The topological polar surface area (TPSA) is 47.6 Å². The maximum Gasteiger partial charge on any atom is 0.233 e. The van der Waals surface area contributed by atoms with E-state index in [2.05, 4.69) is 5.32 Å². The van der Waals surface area contributed by atoms with Gasteiger partial charge in [0.25, 0.3) is 0 Å². The van der Waals surface area contributed by atoms with Gasteiger partial charge in [0.15, 0.2) is 6.29 Å². The molecule has 0 saturated heterocycles. The summed E-state index contributed by atoms with van der Waals surface area (Å²) in [5, 5.41) is 2.84. The van der Waals surface area contributed by atoms with Crippen molar-refractivity contribution in [2.45, 2.75) is 49.7 Å². The smallest absolute Gasteiger partial charge is 0.233 e. The van der Waals surface area contributed by atoms with E-state index in [0.29, 0.717) is 0 Å². The molecule has 0 fully saturated rings. The molecule has 5 heteroatoms. The number of carbonyl (C=O) groups excluding carboxylic acids is 1. The fourth-order valence-corrected chi connectivity index (χ4v) is 2.67. The van der Waals surface area contributed by atoms with E-state index >= 15 is 0 Å². The molecule has 1 aromatic rings. The molecule has 1 amide bonds. The van der Waals surface area contributed by atoms with Gasteiger partial charge < -0.3 is 14.8 Å². The van der Waals surface area contributed by atoms with Crippen LogP contribution in [0.2, 0.25) is 0 Å². The van der Waals surface area contributed by atoms with Crippen LogP contribution in [0.4, 0.5) is 0 Å². The zero-order valence-corrected chi connectivity index (χ0v) is 14.4. The van der Waals surface area contributed by atoms with Gasteiger partial charge in [-0.15, -0.1) is 11.8 Å². The lowest BCUT2D eigenvalue weighted by molar-refractivity contribution is -0.121. The lowest BCUT2D eigenvalue weighted by atomic mass is 10.1. The van der Waals surface area contributed by atoms with E-state index in [1.165, 1.54) is 11.8 Å². The molecule has 0 bridgehead atoms. The number of rotatable bonds is 6. The van der Waals surface area contributed by atoms with Gasteiger partial charge >= 0.3 is 0 Å². The lowest BCUT2D eigenvalue weighted by Gasteiger charge is -2.23. The fraction of sp³-hybridized carbons (Fsp3) is 0.562. The van der Waals surface area contributed by atoms with Gasteiger partial charge in [0.05, 0.1) is 5.25 Å². The second-order valence-corrected chi connectivity index (χ2v) is 7.29. The van der Waals surface area contributed by atoms with Crippen LogP contribution in [0.5, 0.6) is 0 Å². The number of benzene rings is 1. The third-order valence-electron chi connectivity index (χ3n) is 2.76. The average Bonchev–Trinajstić information content (AvgIpc) is 2.40. The first-order valence-electron chi connectivity index (χ1n) is 6.91. The predicted molar refractivity (Wildman–Crippen MR) is 86.4 cm³/mol. The van der Waals surface area contributed by atoms with Crippen molar-refractivity contribution in [3.63, 3.8) is 0 Å². The van der Waals surface area contributed by atoms with E-state index in [-0.39, 0.29) is 23.0 Å². The molecule has 0 aliphatic heterocycles. The Bertz CT molecular complexity index is 450. The van der Waals surface area contributed by atoms with E-state index in [1.807, 2.05) is 52.0 Å². The van der Waals surface area contributed by atoms with Crippen LogP contribution in [-0.2, 0) is 14.3 Å². The molecule has 1 unspecified atom stereocenters. The Morgan fingerprint density at radius 2 is 1.67 bits per heavy atom. The third-order valence-corrected chi connectivity index (χ3v) is 3.87. The molecule has 0 aromatic heterocycles. The Labute approximate surface area is 131 Å². The summed E-state index contributed by atoms with van der Waals surface area (Å²) in [7, 11) is 3.21. The Morgan fingerprint density at radius 3 is 2.10 bits per heavy atom. The van der Waals surface area contributed by atoms with Gasteiger partial charge in [-0.2, -0.15) is 0 Å². The lowest BCUT2D eigenvalue weighted by Crippen LogP contribution is -2.44. The Balaban J connectivity index is 2.65. The van der Waals surface area contributed by atoms with Crippen molar-refractivity contribution in [3.8, 4) is 0 Å². The summed E-state index contributed by atoms with van der Waals surface area (Å²) in [5.41, 5.74) is 0.746. The van der Waals surface area contributed by atoms with Crippen LogP contribution in [0.1, 0.15) is 39.5 Å². The highest BCUT2D eigenvalue weighted by atomic mass is 32.2. The number of hydrogen-bond acceptors (Lipinski definition) is 4. The standard InChI is InChI=1S/C16H25NO3S/c1-11(14(18)17-16(2,3)4)21-13-9-7-12(8-10-13)15(19-5)20-6/h7-11,15H,1-6H3,(H,17,18). The largest absolute Gasteiger partial charge is 0.352 e. The highest BCUT2D eigenvalue weighted by Crippen LogP contribution is 2.26. The van der Waals surface area contributed by atoms with Crippen molar-refractivity contribution < 1.29 is 14.3 Å². The highest BCUT2D eigenvalue weighted by Gasteiger charge is 2.20. The predicted octanol–water partition coefficient (Wildman–Crippen LogP) is 3.37. The van der Waals surface area contributed by atoms with Crippen LogP contribution in [0, 0.1) is 0 Å². The Morgan fingerprint density at radius 1 is 1.14 bits per heavy atom. The Hall–Kier alpha value is -1.04. The molecule has 0 radical (unpaired) electrons. The van der Waals surface area contributed by atoms with Crippen molar-refractivity contribution in [1.82, 2.24) is 5.32 Å². The first-order chi connectivity index (χ1) is 9.76. The number of hydrogen-bond donors (Lipinski definition) is 1. The molecule has 0 saturated carbocycles. The van der Waals surface area contributed by atoms with Gasteiger partial charge in [-0.1, -0.05) is 12.1 Å². The van der Waals surface area contributed by atoms with Gasteiger partial charge in [0.1, 0.15) is 0 Å². The molecular formula is C16H25NO3S. The second kappa shape index (κ2) is 7.82. The molecule has 0 heterocycles. The molecule has 0 spiro atoms. The molecule has 1 N–H and O–H groups in total. The van der Waals surface area contributed by atoms with Crippen molar-refractivity contribution in [2.24, 2.45) is 0 Å². The highest BCUT2D eigenvalue weighted by molar-refractivity contribution is 8.00. The molecule has 1 atom stereocenters. The van der Waals surface area contributed by atoms with Crippen molar-refractivity contribution in [2.75, 3.05) is 14.2 Å². The molecule has 4 nitrogen and oxygen atoms in total. The summed E-state index contributed by atoms with van der Waals surface area (Å²) in [6.07, 6.45) is -0.356. The van der Waals surface area contributed by atoms with Crippen molar-refractivity contribution >= 4 is 17.7 Å². The number of amides is 1. The van der Waals surface area contributed by atoms with E-state index in [1.54, 1.807) is 14.2 Å². The molecular weight excluding hydrogens is 286 g/mol. The molecule has 1 aromatic carbocycles. The quantitative estimate of drug-likeness (QED) is 0.646. The first-order valence-corrected chi connectivity index (χ1v) is 7.79. The van der Waals surface area contributed by atoms with Crippen LogP contribution in [0.25, 0.3) is 0 Å². The van der Waals surface area contributed by atoms with Gasteiger partial charge in [-0.05, 0) is 39.8 Å². The number of ether oxygens (including phenoxy) is 2. The van der Waals surface area contributed by atoms with Gasteiger partial charge in [0, 0.05) is 30.2 Å². The van der Waals surface area contributed by atoms with Crippen LogP contribution in [-0.4, -0.2) is 30.9 Å². The first kappa shape index (κ1) is 18.0. The number of methoxy groups -OCH3 is 2. The number of thioether (sulfide) groups is 1. The van der Waals surface area contributed by atoms with Gasteiger partial charge in [-0.3, -0.25) is 4.79 Å². The van der Waals surface area contributed by atoms with Crippen LogP contribution < -0.4 is 5.32 Å². The monoisotopic (exact) mass is 311 g/mol. The minimum atomic E-state index is -0.356. The van der Waals surface area contributed by atoms with Gasteiger partial charge in [0.2, 0.25) is 5.91 Å². The SMILES string of the molecule is COC(OC)c1ccc(SC(C)C(=O)NC(C)(C)C)cc1. The van der Waals surface area contributed by atoms with Crippen molar-refractivity contribution in [3.05, 3.63) is 29.8 Å². The molecule has 1 rings (SSSR count). The van der Waals surface area contributed by atoms with Crippen LogP contribution >= 0.6 is 11.8 Å². The fourth-order valence-electron chi connectivity index (χ4n) is 1.80. The summed E-state index contributed by atoms with van der Waals surface area (Å²) < 4.78 is 10.4. The summed E-state index contributed by atoms with van der Waals surface area (Å²) in [5.74, 6) is 0.0447. The van der Waals surface area contributed by atoms with E-state index in [4.69, 9.17) is 9.47 Å². The van der Waals surface area contributed by atoms with E-state index in [0.717, 1.165) is 10.5 Å². The Kier molecular flexibility index (Phi) is 6.71. The average molecular weight is 311 g/mol. The maximum absolute atomic E-state index is 12.1. The minimum absolute atomic E-state index is 0.0447. The zero-order chi connectivity index (χ0) is 16.0. The summed E-state index contributed by atoms with van der Waals surface area (Å²) in [6, 6.07) is 7.86. The normalized spacial score (nSPS) is 13.3. The van der Waals surface area contributed by atoms with E-state index in [9.17, 15) is 4.79 Å². The molecule has 0 aliphatic rings. The number of carbonyl (C=O) groups is 1. The molecule has 0 aliphatic carbocycles. The summed E-state index contributed by atoms with van der Waals surface area (Å²) in [4.78, 5) is 13.1. The summed E-state index contributed by atoms with van der Waals surface area (Å²) >= 11 is 1.53. The van der Waals surface area contributed by atoms with Crippen LogP contribution in [0.3, 0.4) is 0 Å². The van der Waals surface area contributed by atoms with E-state index < -0.39 is 0 Å². The van der Waals surface area contributed by atoms with Gasteiger partial charge in [-0.25, -0.2) is 0 Å². The minimum Gasteiger partial charge on any atom is -0.352 e. The zero-order valence-electron chi connectivity index (χ0n) is 13.6. The summed E-state index contributed by atoms with van der Waals surface area (Å²) in [6.45, 7) is 7.85. The van der Waals surface area contributed by atoms with Crippen LogP contribution in [0.15, 0.2) is 29.2 Å². The maximum atomic E-state index is 12.1. The van der Waals surface area contributed by atoms with Crippen molar-refractivity contribution in [1.29, 1.82) is 0 Å².